The molecule has 0 spiro atoms. The minimum atomic E-state index is 0.338. The molecule has 0 heterocycles. The molecule has 140 valence electrons. The van der Waals surface area contributed by atoms with Gasteiger partial charge in [0.15, 0.2) is 0 Å². The highest BCUT2D eigenvalue weighted by molar-refractivity contribution is 8.77. The highest BCUT2D eigenvalue weighted by atomic mass is 35.5. The maximum absolute atomic E-state index is 6.14. The van der Waals surface area contributed by atoms with Gasteiger partial charge in [-0.05, 0) is 25.2 Å². The number of hydrogen-bond donors (Lipinski definition) is 0. The summed E-state index contributed by atoms with van der Waals surface area (Å²) in [4.78, 5) is 0. The standard InChI is InChI=1S/C20H41ClS2/c1-6-8-10-12-14-18(15-13-11-9-7-2)19(16-17-21)22-23-20(3,4)5/h18-19H,6-17H2,1-5H3. The zero-order chi connectivity index (χ0) is 17.6. The Kier molecular flexibility index (Phi) is 15.9. The third kappa shape index (κ3) is 15.0. The first kappa shape index (κ1) is 24.0. The Bertz CT molecular complexity index is 239. The number of unbranched alkanes of at least 4 members (excludes halogenated alkanes) is 6. The molecule has 0 aromatic rings. The average molecular weight is 381 g/mol. The van der Waals surface area contributed by atoms with Gasteiger partial charge in [0.2, 0.25) is 0 Å². The first-order chi connectivity index (χ1) is 10.9. The normalized spacial score (nSPS) is 13.7. The Balaban J connectivity index is 4.49. The molecule has 0 N–H and O–H groups in total. The maximum atomic E-state index is 6.14. The van der Waals surface area contributed by atoms with Gasteiger partial charge in [0, 0.05) is 15.9 Å². The average Bonchev–Trinajstić information content (AvgIpc) is 2.49. The molecular formula is C20H41ClS2. The van der Waals surface area contributed by atoms with Gasteiger partial charge in [-0.15, -0.1) is 11.6 Å². The fraction of sp³-hybridized carbons (Fsp3) is 1.00. The van der Waals surface area contributed by atoms with E-state index < -0.39 is 0 Å². The molecular weight excluding hydrogens is 340 g/mol. The van der Waals surface area contributed by atoms with Crippen molar-refractivity contribution in [2.75, 3.05) is 5.88 Å². The second-order valence-electron chi connectivity index (χ2n) is 7.77. The third-order valence-corrected chi connectivity index (χ3v) is 8.41. The summed E-state index contributed by atoms with van der Waals surface area (Å²) in [7, 11) is 4.18. The lowest BCUT2D eigenvalue weighted by atomic mass is 9.90. The first-order valence-electron chi connectivity index (χ1n) is 9.85. The van der Waals surface area contributed by atoms with Crippen LogP contribution in [-0.2, 0) is 0 Å². The summed E-state index contributed by atoms with van der Waals surface area (Å²) in [5, 5.41) is 0.736. The predicted octanol–water partition coefficient (Wildman–Crippen LogP) is 8.72. The van der Waals surface area contributed by atoms with Crippen molar-refractivity contribution in [3.63, 3.8) is 0 Å². The lowest BCUT2D eigenvalue weighted by molar-refractivity contribution is 0.390. The second kappa shape index (κ2) is 15.3. The van der Waals surface area contributed by atoms with Crippen LogP contribution in [-0.4, -0.2) is 15.9 Å². The van der Waals surface area contributed by atoms with Crippen LogP contribution in [0.5, 0.6) is 0 Å². The van der Waals surface area contributed by atoms with Gasteiger partial charge in [-0.25, -0.2) is 0 Å². The molecule has 23 heavy (non-hydrogen) atoms. The summed E-state index contributed by atoms with van der Waals surface area (Å²) in [5.41, 5.74) is 0. The topological polar surface area (TPSA) is 0 Å². The van der Waals surface area contributed by atoms with Gasteiger partial charge in [-0.3, -0.25) is 0 Å². The molecule has 0 amide bonds. The summed E-state index contributed by atoms with van der Waals surface area (Å²) in [6, 6.07) is 0. The molecule has 1 atom stereocenters. The van der Waals surface area contributed by atoms with Crippen LogP contribution in [0.15, 0.2) is 0 Å². The van der Waals surface area contributed by atoms with Crippen LogP contribution in [0.4, 0.5) is 0 Å². The molecule has 1 unspecified atom stereocenters. The fourth-order valence-electron chi connectivity index (χ4n) is 2.86. The highest BCUT2D eigenvalue weighted by Crippen LogP contribution is 2.43. The molecule has 0 aromatic heterocycles. The largest absolute Gasteiger partial charge is 0.127 e. The van der Waals surface area contributed by atoms with E-state index in [9.17, 15) is 0 Å². The van der Waals surface area contributed by atoms with Crippen LogP contribution < -0.4 is 0 Å². The number of halogens is 1. The number of alkyl halides is 1. The van der Waals surface area contributed by atoms with Gasteiger partial charge in [0.05, 0.1) is 0 Å². The van der Waals surface area contributed by atoms with Crippen molar-refractivity contribution in [2.24, 2.45) is 5.92 Å². The molecule has 0 saturated carbocycles. The van der Waals surface area contributed by atoms with Crippen molar-refractivity contribution in [1.82, 2.24) is 0 Å². The van der Waals surface area contributed by atoms with Crippen molar-refractivity contribution < 1.29 is 0 Å². The number of rotatable bonds is 15. The SMILES string of the molecule is CCCCCCC(CCCCCC)C(CCCl)SSC(C)(C)C. The Hall–Kier alpha value is 0.990. The smallest absolute Gasteiger partial charge is 0.0234 e. The van der Waals surface area contributed by atoms with Gasteiger partial charge < -0.3 is 0 Å². The minimum Gasteiger partial charge on any atom is -0.127 e. The van der Waals surface area contributed by atoms with Gasteiger partial charge in [0.25, 0.3) is 0 Å². The lowest BCUT2D eigenvalue weighted by Crippen LogP contribution is -2.19. The van der Waals surface area contributed by atoms with Crippen molar-refractivity contribution >= 4 is 33.2 Å². The molecule has 0 rings (SSSR count). The van der Waals surface area contributed by atoms with Crippen molar-refractivity contribution in [3.05, 3.63) is 0 Å². The molecule has 0 aliphatic heterocycles. The quantitative estimate of drug-likeness (QED) is 0.158. The van der Waals surface area contributed by atoms with E-state index in [4.69, 9.17) is 11.6 Å². The van der Waals surface area contributed by atoms with E-state index in [-0.39, 0.29) is 0 Å². The molecule has 0 aliphatic rings. The van der Waals surface area contributed by atoms with E-state index in [2.05, 4.69) is 56.2 Å². The molecule has 0 bridgehead atoms. The summed E-state index contributed by atoms with van der Waals surface area (Å²) in [6.07, 6.45) is 15.1. The zero-order valence-corrected chi connectivity index (χ0v) is 18.7. The monoisotopic (exact) mass is 380 g/mol. The summed E-state index contributed by atoms with van der Waals surface area (Å²) in [5.74, 6) is 1.67. The van der Waals surface area contributed by atoms with Crippen LogP contribution in [0.1, 0.15) is 105 Å². The summed E-state index contributed by atoms with van der Waals surface area (Å²) in [6.45, 7) is 11.6. The van der Waals surface area contributed by atoms with Crippen molar-refractivity contribution in [1.29, 1.82) is 0 Å². The van der Waals surface area contributed by atoms with Gasteiger partial charge >= 0.3 is 0 Å². The van der Waals surface area contributed by atoms with Crippen LogP contribution in [0.2, 0.25) is 0 Å². The van der Waals surface area contributed by atoms with E-state index in [1.807, 2.05) is 0 Å². The Morgan fingerprint density at radius 2 is 1.30 bits per heavy atom. The Morgan fingerprint density at radius 1 is 0.783 bits per heavy atom. The van der Waals surface area contributed by atoms with Crippen LogP contribution >= 0.6 is 33.2 Å². The fourth-order valence-corrected chi connectivity index (χ4v) is 6.28. The minimum absolute atomic E-state index is 0.338. The molecule has 0 nitrogen and oxygen atoms in total. The Labute approximate surface area is 160 Å². The predicted molar refractivity (Wildman–Crippen MR) is 115 cm³/mol. The van der Waals surface area contributed by atoms with E-state index in [0.717, 1.165) is 17.0 Å². The van der Waals surface area contributed by atoms with Gasteiger partial charge in [-0.2, -0.15) is 0 Å². The van der Waals surface area contributed by atoms with E-state index in [1.165, 1.54) is 70.6 Å². The van der Waals surface area contributed by atoms with Crippen molar-refractivity contribution in [3.8, 4) is 0 Å². The third-order valence-electron chi connectivity index (χ3n) is 4.20. The molecule has 0 radical (unpaired) electrons. The summed E-state index contributed by atoms with van der Waals surface area (Å²) < 4.78 is 0.338. The molecule has 0 saturated heterocycles. The zero-order valence-electron chi connectivity index (χ0n) is 16.3. The van der Waals surface area contributed by atoms with Crippen LogP contribution in [0.25, 0.3) is 0 Å². The second-order valence-corrected chi connectivity index (χ2v) is 11.4. The van der Waals surface area contributed by atoms with E-state index in [0.29, 0.717) is 4.75 Å². The number of hydrogen-bond acceptors (Lipinski definition) is 2. The highest BCUT2D eigenvalue weighted by Gasteiger charge is 2.24. The van der Waals surface area contributed by atoms with Gasteiger partial charge in [0.1, 0.15) is 0 Å². The van der Waals surface area contributed by atoms with E-state index in [1.54, 1.807) is 0 Å². The summed E-state index contributed by atoms with van der Waals surface area (Å²) >= 11 is 6.14. The Morgan fingerprint density at radius 3 is 1.70 bits per heavy atom. The molecule has 0 fully saturated rings. The molecule has 0 aliphatic carbocycles. The van der Waals surface area contributed by atoms with Gasteiger partial charge in [-0.1, -0.05) is 108 Å². The molecule has 3 heteroatoms. The first-order valence-corrected chi connectivity index (χ1v) is 12.6. The van der Waals surface area contributed by atoms with E-state index >= 15 is 0 Å². The lowest BCUT2D eigenvalue weighted by Gasteiger charge is -2.29. The van der Waals surface area contributed by atoms with Crippen LogP contribution in [0, 0.1) is 5.92 Å². The maximum Gasteiger partial charge on any atom is 0.0234 e. The molecule has 0 aromatic carbocycles. The van der Waals surface area contributed by atoms with Crippen molar-refractivity contribution in [2.45, 2.75) is 115 Å². The van der Waals surface area contributed by atoms with Crippen LogP contribution in [0.3, 0.4) is 0 Å².